The van der Waals surface area contributed by atoms with Crippen LogP contribution in [0.4, 0.5) is 0 Å². The summed E-state index contributed by atoms with van der Waals surface area (Å²) in [5.41, 5.74) is 2.38. The molecule has 76 valence electrons. The summed E-state index contributed by atoms with van der Waals surface area (Å²) in [5.74, 6) is 0.951. The first kappa shape index (κ1) is 14.6. The first-order valence-electron chi connectivity index (χ1n) is 4.09. The van der Waals surface area contributed by atoms with E-state index in [0.29, 0.717) is 0 Å². The molecular formula is C11H22N2. The Kier molecular flexibility index (Phi) is 7.39. The monoisotopic (exact) mass is 182 g/mol. The maximum absolute atomic E-state index is 4.40. The van der Waals surface area contributed by atoms with Gasteiger partial charge in [0.05, 0.1) is 0 Å². The lowest BCUT2D eigenvalue weighted by Crippen LogP contribution is -1.99. The van der Waals surface area contributed by atoms with Gasteiger partial charge in [-0.15, -0.1) is 0 Å². The number of rotatable bonds is 2. The van der Waals surface area contributed by atoms with Crippen molar-refractivity contribution in [2.45, 2.75) is 48.5 Å². The molecule has 13 heavy (non-hydrogen) atoms. The molecular weight excluding hydrogens is 160 g/mol. The van der Waals surface area contributed by atoms with Gasteiger partial charge >= 0.3 is 0 Å². The van der Waals surface area contributed by atoms with E-state index in [1.54, 1.807) is 0 Å². The highest BCUT2D eigenvalue weighted by atomic mass is 14.9. The highest BCUT2D eigenvalue weighted by Gasteiger charge is 1.98. The van der Waals surface area contributed by atoms with Gasteiger partial charge in [0.15, 0.2) is 0 Å². The number of hydrogen-bond acceptors (Lipinski definition) is 2. The van der Waals surface area contributed by atoms with E-state index < -0.39 is 0 Å². The zero-order chi connectivity index (χ0) is 8.27. The summed E-state index contributed by atoms with van der Waals surface area (Å²) in [4.78, 5) is 8.59. The van der Waals surface area contributed by atoms with Gasteiger partial charge in [-0.05, 0) is 18.9 Å². The maximum Gasteiger partial charge on any atom is 0.128 e. The van der Waals surface area contributed by atoms with Crippen LogP contribution < -0.4 is 0 Å². The van der Waals surface area contributed by atoms with Gasteiger partial charge < -0.3 is 0 Å². The van der Waals surface area contributed by atoms with Crippen LogP contribution in [0, 0.1) is 6.92 Å². The molecule has 0 atom stereocenters. The van der Waals surface area contributed by atoms with Crippen LogP contribution in [0.15, 0.2) is 6.20 Å². The van der Waals surface area contributed by atoms with Crippen LogP contribution in [0.5, 0.6) is 0 Å². The van der Waals surface area contributed by atoms with Crippen molar-refractivity contribution < 1.29 is 0 Å². The minimum Gasteiger partial charge on any atom is -0.241 e. The Morgan fingerprint density at radius 3 is 2.23 bits per heavy atom. The Hall–Kier alpha value is -0.920. The molecule has 0 saturated heterocycles. The predicted molar refractivity (Wildman–Crippen MR) is 59.0 cm³/mol. The van der Waals surface area contributed by atoms with Crippen molar-refractivity contribution in [2.24, 2.45) is 0 Å². The van der Waals surface area contributed by atoms with Gasteiger partial charge in [-0.3, -0.25) is 0 Å². The van der Waals surface area contributed by atoms with Gasteiger partial charge in [-0.2, -0.15) is 0 Å². The van der Waals surface area contributed by atoms with Crippen LogP contribution >= 0.6 is 0 Å². The third-order valence-electron chi connectivity index (χ3n) is 1.78. The molecule has 0 spiro atoms. The largest absolute Gasteiger partial charge is 0.241 e. The molecule has 0 unspecified atom stereocenters. The zero-order valence-electron chi connectivity index (χ0n) is 7.39. The highest BCUT2D eigenvalue weighted by Crippen LogP contribution is 2.04. The fourth-order valence-electron chi connectivity index (χ4n) is 1.05. The summed E-state index contributed by atoms with van der Waals surface area (Å²) >= 11 is 0. The molecule has 2 nitrogen and oxygen atoms in total. The molecule has 0 bridgehead atoms. The van der Waals surface area contributed by atoms with Crippen molar-refractivity contribution in [1.29, 1.82) is 0 Å². The van der Waals surface area contributed by atoms with Gasteiger partial charge in [0.2, 0.25) is 0 Å². The molecule has 1 rings (SSSR count). The van der Waals surface area contributed by atoms with Crippen molar-refractivity contribution in [1.82, 2.24) is 9.97 Å². The Labute approximate surface area is 82.4 Å². The van der Waals surface area contributed by atoms with Crippen LogP contribution in [0.2, 0.25) is 0 Å². The van der Waals surface area contributed by atoms with Crippen molar-refractivity contribution in [3.63, 3.8) is 0 Å². The van der Waals surface area contributed by atoms with Gasteiger partial charge in [-0.25, -0.2) is 9.97 Å². The normalized spacial score (nSPS) is 8.54. The average molecular weight is 182 g/mol. The molecule has 0 radical (unpaired) electrons. The van der Waals surface area contributed by atoms with Crippen LogP contribution in [0.25, 0.3) is 0 Å². The molecule has 2 heteroatoms. The molecule has 0 N–H and O–H groups in total. The topological polar surface area (TPSA) is 25.8 Å². The molecule has 1 aromatic rings. The van der Waals surface area contributed by atoms with E-state index in [1.165, 1.54) is 11.3 Å². The summed E-state index contributed by atoms with van der Waals surface area (Å²) in [7, 11) is 0. The van der Waals surface area contributed by atoms with E-state index in [2.05, 4.69) is 30.7 Å². The quantitative estimate of drug-likeness (QED) is 0.702. The number of hydrogen-bond donors (Lipinski definition) is 0. The van der Waals surface area contributed by atoms with Crippen LogP contribution in [0.1, 0.15) is 45.8 Å². The molecule has 0 amide bonds. The predicted octanol–water partition coefficient (Wildman–Crippen LogP) is 3.18. The van der Waals surface area contributed by atoms with Crippen LogP contribution in [-0.4, -0.2) is 9.97 Å². The second-order valence-electron chi connectivity index (χ2n) is 2.62. The first-order valence-corrected chi connectivity index (χ1v) is 4.09. The van der Waals surface area contributed by atoms with E-state index in [1.807, 2.05) is 6.20 Å². The van der Waals surface area contributed by atoms with Crippen LogP contribution in [-0.2, 0) is 12.8 Å². The van der Waals surface area contributed by atoms with E-state index >= 15 is 0 Å². The lowest BCUT2D eigenvalue weighted by atomic mass is 10.2. The third-order valence-corrected chi connectivity index (χ3v) is 1.78. The smallest absolute Gasteiger partial charge is 0.128 e. The third kappa shape index (κ3) is 3.53. The first-order chi connectivity index (χ1) is 5.27. The minimum absolute atomic E-state index is 0. The fraction of sp³-hybridized carbons (Fsp3) is 0.636. The van der Waals surface area contributed by atoms with E-state index in [-0.39, 0.29) is 14.9 Å². The molecule has 0 fully saturated rings. The lowest BCUT2D eigenvalue weighted by molar-refractivity contribution is 0.872. The highest BCUT2D eigenvalue weighted by molar-refractivity contribution is 5.15. The van der Waals surface area contributed by atoms with Crippen molar-refractivity contribution >= 4 is 0 Å². The average Bonchev–Trinajstić information content (AvgIpc) is 2.05. The lowest BCUT2D eigenvalue weighted by Gasteiger charge is -2.02. The number of aromatic nitrogens is 2. The Morgan fingerprint density at radius 2 is 1.77 bits per heavy atom. The van der Waals surface area contributed by atoms with Gasteiger partial charge in [-0.1, -0.05) is 28.7 Å². The second-order valence-corrected chi connectivity index (χ2v) is 2.62. The fourth-order valence-corrected chi connectivity index (χ4v) is 1.05. The number of aryl methyl sites for hydroxylation is 3. The number of nitrogens with zero attached hydrogens (tertiary/aromatic N) is 2. The Balaban J connectivity index is 0. The molecule has 0 aromatic carbocycles. The molecule has 0 aliphatic rings. The van der Waals surface area contributed by atoms with Crippen molar-refractivity contribution in [3.8, 4) is 0 Å². The standard InChI is InChI=1S/C9H14N2.2CH4/c1-4-8-7(3)6-10-9(5-2)11-8;;/h6H,4-5H2,1-3H3;2*1H4. The van der Waals surface area contributed by atoms with Gasteiger partial charge in [0, 0.05) is 18.3 Å². The Morgan fingerprint density at radius 1 is 1.15 bits per heavy atom. The van der Waals surface area contributed by atoms with Crippen LogP contribution in [0.3, 0.4) is 0 Å². The Bertz CT molecular complexity index is 244. The summed E-state index contributed by atoms with van der Waals surface area (Å²) in [6, 6.07) is 0. The summed E-state index contributed by atoms with van der Waals surface area (Å²) in [6.07, 6.45) is 3.83. The SMILES string of the molecule is C.C.CCc1ncc(C)c(CC)n1. The molecule has 0 aliphatic carbocycles. The molecule has 1 heterocycles. The minimum atomic E-state index is 0. The molecule has 1 aromatic heterocycles. The van der Waals surface area contributed by atoms with E-state index in [9.17, 15) is 0 Å². The molecule has 0 aliphatic heterocycles. The summed E-state index contributed by atoms with van der Waals surface area (Å²) in [6.45, 7) is 6.25. The van der Waals surface area contributed by atoms with Crippen molar-refractivity contribution in [3.05, 3.63) is 23.3 Å². The van der Waals surface area contributed by atoms with E-state index in [0.717, 1.165) is 18.7 Å². The van der Waals surface area contributed by atoms with E-state index in [4.69, 9.17) is 0 Å². The second kappa shape index (κ2) is 6.58. The summed E-state index contributed by atoms with van der Waals surface area (Å²) < 4.78 is 0. The maximum atomic E-state index is 4.40. The summed E-state index contributed by atoms with van der Waals surface area (Å²) in [5, 5.41) is 0. The van der Waals surface area contributed by atoms with Gasteiger partial charge in [0.1, 0.15) is 5.82 Å². The van der Waals surface area contributed by atoms with Crippen molar-refractivity contribution in [2.75, 3.05) is 0 Å². The zero-order valence-corrected chi connectivity index (χ0v) is 7.39. The van der Waals surface area contributed by atoms with Gasteiger partial charge in [0.25, 0.3) is 0 Å². The molecule has 0 saturated carbocycles.